The molecule has 0 saturated carbocycles. The van der Waals surface area contributed by atoms with Gasteiger partial charge in [-0.15, -0.1) is 0 Å². The Morgan fingerprint density at radius 3 is 2.10 bits per heavy atom. The van der Waals surface area contributed by atoms with E-state index in [1.54, 1.807) is 24.3 Å². The van der Waals surface area contributed by atoms with Crippen molar-refractivity contribution in [1.82, 2.24) is 4.90 Å². The fourth-order valence-corrected chi connectivity index (χ4v) is 2.89. The maximum atomic E-state index is 12.2. The molecule has 9 nitrogen and oxygen atoms in total. The number of esters is 1. The van der Waals surface area contributed by atoms with Crippen molar-refractivity contribution in [2.75, 3.05) is 13.2 Å². The number of benzene rings is 2. The van der Waals surface area contributed by atoms with Crippen LogP contribution in [0.1, 0.15) is 43.9 Å². The summed E-state index contributed by atoms with van der Waals surface area (Å²) in [4.78, 5) is 59.4. The number of fused-ring (bicyclic) bond motifs is 1. The van der Waals surface area contributed by atoms with E-state index in [1.165, 1.54) is 24.3 Å². The fraction of sp³-hybridized carbons (Fsp3) is 0.200. The summed E-state index contributed by atoms with van der Waals surface area (Å²) < 4.78 is 4.91. The summed E-state index contributed by atoms with van der Waals surface area (Å²) in [6.07, 6.45) is 0.136. The van der Waals surface area contributed by atoms with Crippen LogP contribution in [0.15, 0.2) is 48.5 Å². The number of carbonyl (C=O) groups is 4. The molecule has 0 fully saturated rings. The monoisotopic (exact) mass is 396 g/mol. The van der Waals surface area contributed by atoms with E-state index in [0.717, 1.165) is 4.90 Å². The lowest BCUT2D eigenvalue weighted by Crippen LogP contribution is -2.31. The van der Waals surface area contributed by atoms with Crippen LogP contribution < -0.4 is 0 Å². The average Bonchev–Trinajstić information content (AvgIpc) is 2.97. The SMILES string of the molecule is O=C(CCCN1C(=O)c2ccccc2C1=O)OCC(=O)c1ccc([N+](=O)[O-])cc1. The van der Waals surface area contributed by atoms with Gasteiger partial charge in [-0.1, -0.05) is 12.1 Å². The molecular formula is C20H16N2O7. The van der Waals surface area contributed by atoms with Crippen LogP contribution in [0.4, 0.5) is 5.69 Å². The minimum absolute atomic E-state index is 0.0672. The van der Waals surface area contributed by atoms with Crippen molar-refractivity contribution >= 4 is 29.3 Å². The van der Waals surface area contributed by atoms with Gasteiger partial charge in [0.25, 0.3) is 17.5 Å². The van der Waals surface area contributed by atoms with E-state index in [9.17, 15) is 29.3 Å². The Labute approximate surface area is 165 Å². The second-order valence-corrected chi connectivity index (χ2v) is 6.30. The normalized spacial score (nSPS) is 12.6. The highest BCUT2D eigenvalue weighted by molar-refractivity contribution is 6.21. The second kappa shape index (κ2) is 8.42. The number of hydrogen-bond donors (Lipinski definition) is 0. The number of nitrogens with zero attached hydrogens (tertiary/aromatic N) is 2. The van der Waals surface area contributed by atoms with E-state index < -0.39 is 35.1 Å². The van der Waals surface area contributed by atoms with Gasteiger partial charge in [0.2, 0.25) is 0 Å². The number of Topliss-reactive ketones (excluding diaryl/α,β-unsaturated/α-hetero) is 1. The number of imide groups is 1. The van der Waals surface area contributed by atoms with Gasteiger partial charge in [0, 0.05) is 30.7 Å². The summed E-state index contributed by atoms with van der Waals surface area (Å²) in [6.45, 7) is -0.429. The lowest BCUT2D eigenvalue weighted by atomic mass is 10.1. The lowest BCUT2D eigenvalue weighted by Gasteiger charge is -2.13. The summed E-state index contributed by atoms with van der Waals surface area (Å²) in [6, 6.07) is 11.5. The van der Waals surface area contributed by atoms with Gasteiger partial charge in [-0.2, -0.15) is 0 Å². The summed E-state index contributed by atoms with van der Waals surface area (Å²) in [5.41, 5.74) is 0.726. The number of amides is 2. The standard InChI is InChI=1S/C20H16N2O7/c23-17(13-7-9-14(10-8-13)22(27)28)12-29-18(24)6-3-11-21-19(25)15-4-1-2-5-16(15)20(21)26/h1-2,4-5,7-10H,3,6,11-12H2. The van der Waals surface area contributed by atoms with Crippen molar-refractivity contribution in [3.8, 4) is 0 Å². The molecule has 0 radical (unpaired) electrons. The molecule has 9 heteroatoms. The van der Waals surface area contributed by atoms with E-state index in [0.29, 0.717) is 11.1 Å². The minimum Gasteiger partial charge on any atom is -0.457 e. The Kier molecular flexibility index (Phi) is 5.77. The van der Waals surface area contributed by atoms with Crippen LogP contribution in [0, 0.1) is 10.1 Å². The Bertz CT molecular complexity index is 963. The summed E-state index contributed by atoms with van der Waals surface area (Å²) in [5, 5.41) is 10.6. The van der Waals surface area contributed by atoms with E-state index in [4.69, 9.17) is 4.74 Å². The third kappa shape index (κ3) is 4.34. The molecule has 148 valence electrons. The molecule has 0 spiro atoms. The van der Waals surface area contributed by atoms with Gasteiger partial charge in [0.1, 0.15) is 0 Å². The molecule has 1 aliphatic rings. The largest absolute Gasteiger partial charge is 0.457 e. The zero-order valence-electron chi connectivity index (χ0n) is 15.2. The van der Waals surface area contributed by atoms with Crippen LogP contribution in [-0.4, -0.2) is 46.5 Å². The van der Waals surface area contributed by atoms with Gasteiger partial charge in [-0.25, -0.2) is 0 Å². The first kappa shape index (κ1) is 19.9. The van der Waals surface area contributed by atoms with Gasteiger partial charge >= 0.3 is 5.97 Å². The fourth-order valence-electron chi connectivity index (χ4n) is 2.89. The molecule has 2 amide bonds. The van der Waals surface area contributed by atoms with Gasteiger partial charge in [0.15, 0.2) is 12.4 Å². The Balaban J connectivity index is 1.44. The molecule has 1 aliphatic heterocycles. The van der Waals surface area contributed by atoms with Gasteiger partial charge < -0.3 is 4.74 Å². The predicted molar refractivity (Wildman–Crippen MR) is 99.4 cm³/mol. The molecule has 0 atom stereocenters. The summed E-state index contributed by atoms with van der Waals surface area (Å²) >= 11 is 0. The van der Waals surface area contributed by atoms with E-state index >= 15 is 0 Å². The zero-order chi connectivity index (χ0) is 21.0. The van der Waals surface area contributed by atoms with Crippen LogP contribution in [0.3, 0.4) is 0 Å². The van der Waals surface area contributed by atoms with E-state index in [2.05, 4.69) is 0 Å². The molecule has 0 N–H and O–H groups in total. The molecule has 0 unspecified atom stereocenters. The van der Waals surface area contributed by atoms with Crippen molar-refractivity contribution in [3.05, 3.63) is 75.3 Å². The first-order valence-electron chi connectivity index (χ1n) is 8.77. The number of hydrogen-bond acceptors (Lipinski definition) is 7. The van der Waals surface area contributed by atoms with Crippen molar-refractivity contribution < 1.29 is 28.8 Å². The minimum atomic E-state index is -0.642. The number of carbonyl (C=O) groups excluding carboxylic acids is 4. The van der Waals surface area contributed by atoms with Crippen LogP contribution in [0.2, 0.25) is 0 Å². The number of ketones is 1. The highest BCUT2D eigenvalue weighted by atomic mass is 16.6. The van der Waals surface area contributed by atoms with Crippen molar-refractivity contribution in [2.24, 2.45) is 0 Å². The van der Waals surface area contributed by atoms with Crippen molar-refractivity contribution in [1.29, 1.82) is 0 Å². The molecule has 0 aliphatic carbocycles. The van der Waals surface area contributed by atoms with Crippen LogP contribution in [0.25, 0.3) is 0 Å². The number of ether oxygens (including phenoxy) is 1. The average molecular weight is 396 g/mol. The lowest BCUT2D eigenvalue weighted by molar-refractivity contribution is -0.384. The number of rotatable bonds is 8. The number of nitro benzene ring substituents is 1. The third-order valence-electron chi connectivity index (χ3n) is 4.41. The van der Waals surface area contributed by atoms with Crippen LogP contribution >= 0.6 is 0 Å². The Morgan fingerprint density at radius 1 is 0.966 bits per heavy atom. The first-order valence-corrected chi connectivity index (χ1v) is 8.77. The first-order chi connectivity index (χ1) is 13.9. The number of non-ortho nitro benzene ring substituents is 1. The molecule has 0 aromatic heterocycles. The van der Waals surface area contributed by atoms with E-state index in [1.807, 2.05) is 0 Å². The van der Waals surface area contributed by atoms with Crippen LogP contribution in [0.5, 0.6) is 0 Å². The molecule has 0 saturated heterocycles. The molecule has 2 aromatic rings. The molecular weight excluding hydrogens is 380 g/mol. The molecule has 1 heterocycles. The predicted octanol–water partition coefficient (Wildman–Crippen LogP) is 2.40. The maximum absolute atomic E-state index is 12.2. The topological polar surface area (TPSA) is 124 Å². The molecule has 0 bridgehead atoms. The maximum Gasteiger partial charge on any atom is 0.306 e. The second-order valence-electron chi connectivity index (χ2n) is 6.30. The Morgan fingerprint density at radius 2 is 1.55 bits per heavy atom. The van der Waals surface area contributed by atoms with Crippen molar-refractivity contribution in [3.63, 3.8) is 0 Å². The summed E-state index contributed by atoms with van der Waals surface area (Å²) in [7, 11) is 0. The molecule has 2 aromatic carbocycles. The molecule has 3 rings (SSSR count). The van der Waals surface area contributed by atoms with Gasteiger partial charge in [-0.3, -0.25) is 34.2 Å². The highest BCUT2D eigenvalue weighted by Gasteiger charge is 2.34. The quantitative estimate of drug-likeness (QED) is 0.221. The third-order valence-corrected chi connectivity index (χ3v) is 4.41. The van der Waals surface area contributed by atoms with Crippen molar-refractivity contribution in [2.45, 2.75) is 12.8 Å². The zero-order valence-corrected chi connectivity index (χ0v) is 15.2. The smallest absolute Gasteiger partial charge is 0.306 e. The summed E-state index contributed by atoms with van der Waals surface area (Å²) in [5.74, 6) is -1.93. The molecule has 29 heavy (non-hydrogen) atoms. The van der Waals surface area contributed by atoms with E-state index in [-0.39, 0.29) is 30.6 Å². The van der Waals surface area contributed by atoms with Gasteiger partial charge in [-0.05, 0) is 30.7 Å². The highest BCUT2D eigenvalue weighted by Crippen LogP contribution is 2.22. The van der Waals surface area contributed by atoms with Gasteiger partial charge in [0.05, 0.1) is 16.1 Å². The van der Waals surface area contributed by atoms with Crippen LogP contribution in [-0.2, 0) is 9.53 Å². The number of nitro groups is 1. The Hall–Kier alpha value is -3.88.